The van der Waals surface area contributed by atoms with Gasteiger partial charge in [-0.3, -0.25) is 10.1 Å². The van der Waals surface area contributed by atoms with E-state index in [1.165, 1.54) is 6.42 Å². The Hall–Kier alpha value is -1.92. The molecule has 1 amide bonds. The van der Waals surface area contributed by atoms with E-state index in [9.17, 15) is 4.79 Å². The van der Waals surface area contributed by atoms with Crippen LogP contribution in [0.3, 0.4) is 0 Å². The predicted octanol–water partition coefficient (Wildman–Crippen LogP) is 2.06. The van der Waals surface area contributed by atoms with Crippen molar-refractivity contribution in [1.29, 1.82) is 0 Å². The normalized spacial score (nSPS) is 14.9. The highest BCUT2D eigenvalue weighted by Crippen LogP contribution is 2.15. The second-order valence-corrected chi connectivity index (χ2v) is 6.46. The molecule has 0 spiro atoms. The lowest BCUT2D eigenvalue weighted by Gasteiger charge is -2.17. The zero-order valence-electron chi connectivity index (χ0n) is 13.8. The van der Waals surface area contributed by atoms with Gasteiger partial charge in [0.15, 0.2) is 0 Å². The molecule has 0 fully saturated rings. The zero-order chi connectivity index (χ0) is 16.9. The van der Waals surface area contributed by atoms with Gasteiger partial charge in [-0.25, -0.2) is 0 Å². The lowest BCUT2D eigenvalue weighted by Crippen LogP contribution is -2.42. The van der Waals surface area contributed by atoms with Crippen molar-refractivity contribution >= 4 is 17.5 Å². The van der Waals surface area contributed by atoms with E-state index >= 15 is 0 Å². The number of halogens is 1. The van der Waals surface area contributed by atoms with Crippen LogP contribution in [0.4, 0.5) is 0 Å². The number of fused-ring (bicyclic) bond motifs is 1. The molecule has 0 bridgehead atoms. The van der Waals surface area contributed by atoms with Crippen LogP contribution < -0.4 is 10.6 Å². The quantitative estimate of drug-likeness (QED) is 0.839. The van der Waals surface area contributed by atoms with Crippen molar-refractivity contribution < 1.29 is 4.79 Å². The first kappa shape index (κ1) is 16.9. The summed E-state index contributed by atoms with van der Waals surface area (Å²) in [6.45, 7) is 3.76. The van der Waals surface area contributed by atoms with Gasteiger partial charge in [0.1, 0.15) is 11.6 Å². The van der Waals surface area contributed by atoms with Gasteiger partial charge in [0, 0.05) is 24.5 Å². The summed E-state index contributed by atoms with van der Waals surface area (Å²) in [5, 5.41) is 15.2. The molecule has 0 saturated carbocycles. The molecule has 1 atom stereocenters. The second kappa shape index (κ2) is 7.77. The number of aromatic nitrogens is 3. The van der Waals surface area contributed by atoms with Crippen LogP contribution in [0.2, 0.25) is 5.02 Å². The fourth-order valence-electron chi connectivity index (χ4n) is 2.81. The van der Waals surface area contributed by atoms with Crippen LogP contribution in [0, 0.1) is 0 Å². The van der Waals surface area contributed by atoms with Crippen LogP contribution in [-0.4, -0.2) is 26.7 Å². The van der Waals surface area contributed by atoms with Crippen LogP contribution in [0.15, 0.2) is 24.3 Å². The van der Waals surface area contributed by atoms with Crippen LogP contribution >= 0.6 is 11.6 Å². The summed E-state index contributed by atoms with van der Waals surface area (Å²) in [5.41, 5.74) is 0.909. The lowest BCUT2D eigenvalue weighted by atomic mass is 10.1. The van der Waals surface area contributed by atoms with Crippen LogP contribution in [0.1, 0.15) is 37.0 Å². The number of hydrogen-bond acceptors (Lipinski definition) is 4. The third-order valence-corrected chi connectivity index (χ3v) is 4.68. The third-order valence-electron chi connectivity index (χ3n) is 4.31. The Morgan fingerprint density at radius 2 is 2.12 bits per heavy atom. The molecule has 1 aromatic heterocycles. The van der Waals surface area contributed by atoms with Crippen molar-refractivity contribution in [2.75, 3.05) is 0 Å². The average molecular weight is 348 g/mol. The number of benzene rings is 1. The Morgan fingerprint density at radius 1 is 1.29 bits per heavy atom. The largest absolute Gasteiger partial charge is 0.351 e. The molecular formula is C17H22ClN5O. The Bertz CT molecular complexity index is 715. The predicted molar refractivity (Wildman–Crippen MR) is 92.6 cm³/mol. The van der Waals surface area contributed by atoms with Gasteiger partial charge in [-0.2, -0.15) is 0 Å². The molecule has 6 nitrogen and oxygen atoms in total. The molecule has 1 aliphatic rings. The molecule has 128 valence electrons. The first-order valence-corrected chi connectivity index (χ1v) is 8.68. The zero-order valence-corrected chi connectivity index (χ0v) is 14.5. The lowest BCUT2D eigenvalue weighted by molar-refractivity contribution is -0.122. The van der Waals surface area contributed by atoms with Crippen molar-refractivity contribution in [3.05, 3.63) is 46.5 Å². The maximum Gasteiger partial charge on any atom is 0.237 e. The van der Waals surface area contributed by atoms with Crippen molar-refractivity contribution in [1.82, 2.24) is 25.4 Å². The number of rotatable bonds is 6. The molecule has 24 heavy (non-hydrogen) atoms. The van der Waals surface area contributed by atoms with Gasteiger partial charge >= 0.3 is 0 Å². The fourth-order valence-corrected chi connectivity index (χ4v) is 3.02. The molecule has 2 N–H and O–H groups in total. The minimum absolute atomic E-state index is 0.0618. The topological polar surface area (TPSA) is 71.8 Å². The molecule has 1 aliphatic heterocycles. The van der Waals surface area contributed by atoms with E-state index in [1.807, 2.05) is 31.2 Å². The van der Waals surface area contributed by atoms with E-state index < -0.39 is 0 Å². The highest BCUT2D eigenvalue weighted by Gasteiger charge is 2.18. The monoisotopic (exact) mass is 347 g/mol. The van der Waals surface area contributed by atoms with E-state index in [4.69, 9.17) is 11.6 Å². The Kier molecular flexibility index (Phi) is 5.48. The minimum atomic E-state index is -0.316. The average Bonchev–Trinajstić information content (AvgIpc) is 3.02. The maximum atomic E-state index is 12.2. The number of nitrogens with zero attached hydrogens (tertiary/aromatic N) is 3. The molecule has 2 heterocycles. The summed E-state index contributed by atoms with van der Waals surface area (Å²) < 4.78 is 2.16. The highest BCUT2D eigenvalue weighted by molar-refractivity contribution is 6.31. The SMILES string of the molecule is C[C@H](NCc1nnc2n1CCCC2)C(=O)NCc1ccccc1Cl. The van der Waals surface area contributed by atoms with Crippen LogP contribution in [0.5, 0.6) is 0 Å². The summed E-state index contributed by atoms with van der Waals surface area (Å²) in [6, 6.07) is 7.19. The van der Waals surface area contributed by atoms with E-state index in [0.29, 0.717) is 18.1 Å². The minimum Gasteiger partial charge on any atom is -0.351 e. The number of hydrogen-bond donors (Lipinski definition) is 2. The molecule has 0 radical (unpaired) electrons. The van der Waals surface area contributed by atoms with Crippen molar-refractivity contribution in [3.8, 4) is 0 Å². The Balaban J connectivity index is 1.50. The highest BCUT2D eigenvalue weighted by atomic mass is 35.5. The van der Waals surface area contributed by atoms with E-state index in [0.717, 1.165) is 36.6 Å². The summed E-state index contributed by atoms with van der Waals surface area (Å²) >= 11 is 6.10. The van der Waals surface area contributed by atoms with Gasteiger partial charge in [-0.1, -0.05) is 29.8 Å². The molecular weight excluding hydrogens is 326 g/mol. The van der Waals surface area contributed by atoms with Crippen molar-refractivity contribution in [2.45, 2.75) is 51.9 Å². The summed E-state index contributed by atoms with van der Waals surface area (Å²) in [7, 11) is 0. The van der Waals surface area contributed by atoms with Gasteiger partial charge in [-0.05, 0) is 31.4 Å². The molecule has 0 unspecified atom stereocenters. The molecule has 2 aromatic rings. The van der Waals surface area contributed by atoms with Gasteiger partial charge in [-0.15, -0.1) is 10.2 Å². The number of carbonyl (C=O) groups excluding carboxylic acids is 1. The van der Waals surface area contributed by atoms with Crippen LogP contribution in [-0.2, 0) is 30.8 Å². The van der Waals surface area contributed by atoms with E-state index in [1.54, 1.807) is 0 Å². The van der Waals surface area contributed by atoms with E-state index in [-0.39, 0.29) is 11.9 Å². The summed E-state index contributed by atoms with van der Waals surface area (Å²) in [4.78, 5) is 12.2. The van der Waals surface area contributed by atoms with Gasteiger partial charge < -0.3 is 9.88 Å². The molecule has 1 aromatic carbocycles. The molecule has 7 heteroatoms. The van der Waals surface area contributed by atoms with Gasteiger partial charge in [0.25, 0.3) is 0 Å². The van der Waals surface area contributed by atoms with Crippen molar-refractivity contribution in [2.24, 2.45) is 0 Å². The van der Waals surface area contributed by atoms with Crippen LogP contribution in [0.25, 0.3) is 0 Å². The Morgan fingerprint density at radius 3 is 2.96 bits per heavy atom. The molecule has 0 aliphatic carbocycles. The number of carbonyl (C=O) groups is 1. The maximum absolute atomic E-state index is 12.2. The smallest absolute Gasteiger partial charge is 0.237 e. The first-order chi connectivity index (χ1) is 11.6. The van der Waals surface area contributed by atoms with Gasteiger partial charge in [0.05, 0.1) is 12.6 Å². The third kappa shape index (κ3) is 3.94. The van der Waals surface area contributed by atoms with Gasteiger partial charge in [0.2, 0.25) is 5.91 Å². The van der Waals surface area contributed by atoms with Crippen molar-refractivity contribution in [3.63, 3.8) is 0 Å². The Labute approximate surface area is 146 Å². The fraction of sp³-hybridized carbons (Fsp3) is 0.471. The molecule has 0 saturated heterocycles. The van der Waals surface area contributed by atoms with E-state index in [2.05, 4.69) is 25.4 Å². The second-order valence-electron chi connectivity index (χ2n) is 6.05. The standard InChI is InChI=1S/C17H22ClN5O/c1-12(17(24)20-10-13-6-2-3-7-14(13)18)19-11-16-22-21-15-8-4-5-9-23(15)16/h2-3,6-7,12,19H,4-5,8-11H2,1H3,(H,20,24)/t12-/m0/s1. The number of aryl methyl sites for hydroxylation is 1. The summed E-state index contributed by atoms with van der Waals surface area (Å²) in [5.74, 6) is 1.89. The number of nitrogens with one attached hydrogen (secondary N) is 2. The number of amides is 1. The summed E-state index contributed by atoms with van der Waals surface area (Å²) in [6.07, 6.45) is 3.32. The first-order valence-electron chi connectivity index (χ1n) is 8.30. The molecule has 3 rings (SSSR count).